The Morgan fingerprint density at radius 3 is 2.67 bits per heavy atom. The second-order valence-corrected chi connectivity index (χ2v) is 13.9. The Morgan fingerprint density at radius 2 is 1.93 bits per heavy atom. The molecule has 8 nitrogen and oxygen atoms in total. The molecule has 0 spiro atoms. The number of rotatable bonds is 6. The largest absolute Gasteiger partial charge is 0.340 e. The molecular weight excluding hydrogens is 577 g/mol. The zero-order valence-corrected chi connectivity index (χ0v) is 27.6. The Morgan fingerprint density at radius 1 is 1.13 bits per heavy atom. The molecule has 2 aliphatic rings. The Hall–Kier alpha value is -4.11. The van der Waals surface area contributed by atoms with Crippen LogP contribution in [-0.2, 0) is 13.0 Å². The molecule has 1 aliphatic heterocycles. The molecule has 1 aliphatic carbocycles. The molecule has 1 saturated carbocycles. The predicted molar refractivity (Wildman–Crippen MR) is 185 cm³/mol. The number of guanidine groups is 1. The topological polar surface area (TPSA) is 87.4 Å². The third-order valence-corrected chi connectivity index (χ3v) is 10.3. The van der Waals surface area contributed by atoms with Crippen LogP contribution in [0.25, 0.3) is 22.3 Å². The van der Waals surface area contributed by atoms with E-state index in [1.54, 1.807) is 29.1 Å². The average molecular weight is 624 g/mol. The van der Waals surface area contributed by atoms with Crippen LogP contribution in [0.1, 0.15) is 53.0 Å². The van der Waals surface area contributed by atoms with Crippen molar-refractivity contribution in [3.8, 4) is 11.4 Å². The van der Waals surface area contributed by atoms with E-state index in [2.05, 4.69) is 55.1 Å². The van der Waals surface area contributed by atoms with Crippen molar-refractivity contribution in [2.45, 2.75) is 72.5 Å². The smallest absolute Gasteiger partial charge is 0.261 e. The summed E-state index contributed by atoms with van der Waals surface area (Å²) < 4.78 is 15.2. The van der Waals surface area contributed by atoms with Crippen LogP contribution >= 0.6 is 0 Å². The molecule has 4 atom stereocenters. The number of nitrogens with one attached hydrogen (secondary N) is 2. The fraction of sp³-hybridized carbons (Fsp3) is 0.459. The number of aliphatic imine (C=N–C) groups is 1. The maximum absolute atomic E-state index is 14.0. The molecule has 2 aromatic carbocycles. The Balaban J connectivity index is 1.36. The molecule has 2 fully saturated rings. The molecule has 2 N–H and O–H groups in total. The number of aryl methyl sites for hydroxylation is 1. The van der Waals surface area contributed by atoms with E-state index in [9.17, 15) is 9.18 Å². The van der Waals surface area contributed by atoms with Gasteiger partial charge in [0.2, 0.25) is 0 Å². The average Bonchev–Trinajstić information content (AvgIpc) is 3.05. The maximum atomic E-state index is 14.0. The van der Waals surface area contributed by atoms with E-state index in [4.69, 9.17) is 9.98 Å². The number of hydrogen-bond acceptors (Lipinski definition) is 5. The quantitative estimate of drug-likeness (QED) is 0.192. The monoisotopic (exact) mass is 623 g/mol. The lowest BCUT2D eigenvalue weighted by Gasteiger charge is -2.44. The molecule has 2 aromatic heterocycles. The van der Waals surface area contributed by atoms with Gasteiger partial charge in [-0.3, -0.25) is 14.3 Å². The summed E-state index contributed by atoms with van der Waals surface area (Å²) in [6.07, 6.45) is 6.23. The lowest BCUT2D eigenvalue weighted by atomic mass is 9.63. The number of aromatic nitrogens is 3. The van der Waals surface area contributed by atoms with Gasteiger partial charge in [-0.15, -0.1) is 0 Å². The van der Waals surface area contributed by atoms with E-state index in [1.807, 2.05) is 30.3 Å². The zero-order chi connectivity index (χ0) is 32.4. The summed E-state index contributed by atoms with van der Waals surface area (Å²) in [5.41, 5.74) is 3.37. The highest BCUT2D eigenvalue weighted by atomic mass is 19.1. The van der Waals surface area contributed by atoms with Crippen molar-refractivity contribution in [1.29, 1.82) is 0 Å². The molecule has 242 valence electrons. The Bertz CT molecular complexity index is 1750. The molecule has 6 rings (SSSR count). The standard InChI is InChI=1S/C37H46FN7O/c1-24-23-44(20-18-40-24)36(43-32-14-16-37(4,5)26(3)25(32)2)41-30-12-13-31-33(21-30)42-34(28-7-6-17-39-22-28)45(35(31)46)19-15-27-8-10-29(38)11-9-27/h6-13,17,21-22,24-26,32,40H,14-16,18-20,23H2,1-5H3,(H,41,43)/t24-,25-,26-,32?/m0/s1. The first-order valence-corrected chi connectivity index (χ1v) is 16.6. The molecular formula is C37H46FN7O. The predicted octanol–water partition coefficient (Wildman–Crippen LogP) is 6.36. The van der Waals surface area contributed by atoms with E-state index in [1.165, 1.54) is 12.1 Å². The molecule has 9 heteroatoms. The minimum atomic E-state index is -0.278. The summed E-state index contributed by atoms with van der Waals surface area (Å²) in [5, 5.41) is 7.76. The van der Waals surface area contributed by atoms with Crippen molar-refractivity contribution in [3.63, 3.8) is 0 Å². The lowest BCUT2D eigenvalue weighted by Crippen LogP contribution is -2.53. The lowest BCUT2D eigenvalue weighted by molar-refractivity contribution is 0.0828. The number of anilines is 1. The second-order valence-electron chi connectivity index (χ2n) is 13.9. The highest BCUT2D eigenvalue weighted by Gasteiger charge is 2.39. The second kappa shape index (κ2) is 13.3. The summed E-state index contributed by atoms with van der Waals surface area (Å²) in [4.78, 5) is 31.1. The third-order valence-electron chi connectivity index (χ3n) is 10.3. The maximum Gasteiger partial charge on any atom is 0.261 e. The van der Waals surface area contributed by atoms with Crippen molar-refractivity contribution in [2.24, 2.45) is 22.2 Å². The highest BCUT2D eigenvalue weighted by Crippen LogP contribution is 2.44. The molecule has 3 heterocycles. The number of benzene rings is 2. The first kappa shape index (κ1) is 31.9. The van der Waals surface area contributed by atoms with Gasteiger partial charge in [0.15, 0.2) is 5.96 Å². The molecule has 0 bridgehead atoms. The van der Waals surface area contributed by atoms with E-state index < -0.39 is 0 Å². The van der Waals surface area contributed by atoms with Crippen LogP contribution < -0.4 is 16.2 Å². The van der Waals surface area contributed by atoms with Crippen LogP contribution in [0.4, 0.5) is 10.1 Å². The van der Waals surface area contributed by atoms with Crippen molar-refractivity contribution >= 4 is 22.5 Å². The van der Waals surface area contributed by atoms with E-state index in [0.29, 0.717) is 53.0 Å². The Labute approximate surface area is 271 Å². The van der Waals surface area contributed by atoms with Crippen molar-refractivity contribution < 1.29 is 4.39 Å². The molecule has 0 amide bonds. The van der Waals surface area contributed by atoms with Gasteiger partial charge in [-0.25, -0.2) is 14.4 Å². The fourth-order valence-electron chi connectivity index (χ4n) is 6.95. The van der Waals surface area contributed by atoms with Crippen LogP contribution in [0.3, 0.4) is 0 Å². The number of halogens is 1. The van der Waals surface area contributed by atoms with E-state index >= 15 is 0 Å². The summed E-state index contributed by atoms with van der Waals surface area (Å²) in [5.74, 6) is 2.20. The van der Waals surface area contributed by atoms with Crippen LogP contribution in [0.5, 0.6) is 0 Å². The zero-order valence-electron chi connectivity index (χ0n) is 27.6. The van der Waals surface area contributed by atoms with Crippen molar-refractivity contribution in [3.05, 3.63) is 88.7 Å². The number of hydrogen-bond donors (Lipinski definition) is 2. The van der Waals surface area contributed by atoms with E-state index in [-0.39, 0.29) is 17.4 Å². The minimum Gasteiger partial charge on any atom is -0.340 e. The van der Waals surface area contributed by atoms with E-state index in [0.717, 1.165) is 55.2 Å². The van der Waals surface area contributed by atoms with Gasteiger partial charge in [0.05, 0.1) is 16.9 Å². The van der Waals surface area contributed by atoms with Gasteiger partial charge >= 0.3 is 0 Å². The number of piperazine rings is 1. The summed E-state index contributed by atoms with van der Waals surface area (Å²) in [6, 6.07) is 16.5. The molecule has 1 unspecified atom stereocenters. The van der Waals surface area contributed by atoms with Gasteiger partial charge in [0.25, 0.3) is 5.56 Å². The van der Waals surface area contributed by atoms with Gasteiger partial charge in [0.1, 0.15) is 11.6 Å². The number of nitrogens with zero attached hydrogens (tertiary/aromatic N) is 5. The number of fused-ring (bicyclic) bond motifs is 1. The van der Waals surface area contributed by atoms with Crippen LogP contribution in [0, 0.1) is 23.1 Å². The first-order chi connectivity index (χ1) is 22.1. The minimum absolute atomic E-state index is 0.116. The van der Waals surface area contributed by atoms with Gasteiger partial charge in [-0.2, -0.15) is 0 Å². The highest BCUT2D eigenvalue weighted by molar-refractivity contribution is 5.96. The molecule has 4 aromatic rings. The van der Waals surface area contributed by atoms with Crippen LogP contribution in [-0.4, -0.2) is 57.1 Å². The third kappa shape index (κ3) is 6.84. The fourth-order valence-corrected chi connectivity index (χ4v) is 6.95. The molecule has 46 heavy (non-hydrogen) atoms. The van der Waals surface area contributed by atoms with Crippen LogP contribution in [0.2, 0.25) is 0 Å². The first-order valence-electron chi connectivity index (χ1n) is 16.6. The van der Waals surface area contributed by atoms with Gasteiger partial charge < -0.3 is 15.5 Å². The van der Waals surface area contributed by atoms with Crippen molar-refractivity contribution in [2.75, 3.05) is 25.0 Å². The SMILES string of the molecule is C[C@@H]1C(N=C(Nc2ccc3c(=O)n(CCc4ccc(F)cc4)c(-c4cccnc4)nc3c2)N2CCN[C@@H](C)C2)CCC(C)(C)[C@H]1C. The molecule has 0 radical (unpaired) electrons. The van der Waals surface area contributed by atoms with Gasteiger partial charge in [-0.1, -0.05) is 39.8 Å². The van der Waals surface area contributed by atoms with Crippen LogP contribution in [0.15, 0.2) is 76.8 Å². The summed E-state index contributed by atoms with van der Waals surface area (Å²) in [7, 11) is 0. The summed E-state index contributed by atoms with van der Waals surface area (Å²) >= 11 is 0. The summed E-state index contributed by atoms with van der Waals surface area (Å²) in [6.45, 7) is 14.7. The normalized spacial score (nSPS) is 23.4. The Kier molecular flexibility index (Phi) is 9.22. The molecule has 1 saturated heterocycles. The van der Waals surface area contributed by atoms with Gasteiger partial charge in [0, 0.05) is 55.9 Å². The van der Waals surface area contributed by atoms with Gasteiger partial charge in [-0.05, 0) is 91.5 Å². The van der Waals surface area contributed by atoms with Crippen molar-refractivity contribution in [1.82, 2.24) is 24.8 Å². The number of pyridine rings is 1.